The first-order valence-electron chi connectivity index (χ1n) is 19.5. The molecule has 5 saturated carbocycles. The minimum atomic E-state index is -1.35. The monoisotopic (exact) mass is 727 g/mol. The molecule has 4 N–H and O–H groups in total. The largest absolute Gasteiger partial charge is 0.481 e. The van der Waals surface area contributed by atoms with Crippen molar-refractivity contribution in [3.05, 3.63) is 12.2 Å². The molecule has 5 rings (SSSR count). The summed E-state index contributed by atoms with van der Waals surface area (Å²) in [5.41, 5.74) is -3.57. The summed E-state index contributed by atoms with van der Waals surface area (Å²) in [6.45, 7) is 25.8. The lowest BCUT2D eigenvalue weighted by atomic mass is 9.33. The fraction of sp³-hybridized carbons (Fsp3) is 0.833. The molecule has 5 aliphatic carbocycles. The van der Waals surface area contributed by atoms with Crippen LogP contribution in [-0.4, -0.2) is 57.2 Å². The number of carboxylic acids is 3. The maximum absolute atomic E-state index is 14.6. The number of carbonyl (C=O) groups is 5. The molecular formula is C42H65NO9. The molecule has 0 saturated heterocycles. The van der Waals surface area contributed by atoms with Crippen molar-refractivity contribution < 1.29 is 44.0 Å². The third-order valence-electron chi connectivity index (χ3n) is 16.4. The molecule has 0 spiro atoms. The van der Waals surface area contributed by atoms with E-state index in [1.165, 1.54) is 13.8 Å². The molecule has 10 nitrogen and oxygen atoms in total. The number of fused-ring (bicyclic) bond motifs is 7. The number of rotatable bonds is 9. The second-order valence-electron chi connectivity index (χ2n) is 20.7. The third-order valence-corrected chi connectivity index (χ3v) is 16.4. The molecule has 0 bridgehead atoms. The summed E-state index contributed by atoms with van der Waals surface area (Å²) >= 11 is 0. The van der Waals surface area contributed by atoms with E-state index < -0.39 is 69.0 Å². The van der Waals surface area contributed by atoms with E-state index >= 15 is 0 Å². The van der Waals surface area contributed by atoms with Gasteiger partial charge in [-0.1, -0.05) is 67.5 Å². The Morgan fingerprint density at radius 2 is 1.44 bits per heavy atom. The maximum Gasteiger partial charge on any atom is 0.326 e. The third kappa shape index (κ3) is 5.65. The predicted molar refractivity (Wildman–Crippen MR) is 196 cm³/mol. The van der Waals surface area contributed by atoms with E-state index in [4.69, 9.17) is 4.74 Å². The number of esters is 1. The number of aliphatic carboxylic acids is 3. The molecule has 10 heteroatoms. The molecule has 292 valence electrons. The highest BCUT2D eigenvalue weighted by Gasteiger charge is 2.76. The van der Waals surface area contributed by atoms with Gasteiger partial charge in [-0.05, 0) is 123 Å². The summed E-state index contributed by atoms with van der Waals surface area (Å²) in [6.07, 6.45) is 4.88. The highest BCUT2D eigenvalue weighted by Crippen LogP contribution is 2.79. The zero-order chi connectivity index (χ0) is 39.4. The highest BCUT2D eigenvalue weighted by molar-refractivity contribution is 5.89. The Kier molecular flexibility index (Phi) is 9.74. The van der Waals surface area contributed by atoms with Gasteiger partial charge in [0.25, 0.3) is 0 Å². The van der Waals surface area contributed by atoms with Crippen molar-refractivity contribution in [1.29, 1.82) is 0 Å². The number of hydrogen-bond donors (Lipinski definition) is 4. The van der Waals surface area contributed by atoms with Crippen LogP contribution in [0.1, 0.15) is 134 Å². The molecular weight excluding hydrogens is 662 g/mol. The van der Waals surface area contributed by atoms with Crippen molar-refractivity contribution in [3.63, 3.8) is 0 Å². The van der Waals surface area contributed by atoms with Crippen LogP contribution < -0.4 is 5.32 Å². The summed E-state index contributed by atoms with van der Waals surface area (Å²) in [6, 6.07) is -1.02. The molecule has 0 aromatic heterocycles. The Morgan fingerprint density at radius 3 is 1.96 bits per heavy atom. The molecule has 12 atom stereocenters. The van der Waals surface area contributed by atoms with Crippen LogP contribution >= 0.6 is 0 Å². The van der Waals surface area contributed by atoms with E-state index in [1.54, 1.807) is 0 Å². The van der Waals surface area contributed by atoms with Gasteiger partial charge in [0.1, 0.15) is 18.1 Å². The Labute approximate surface area is 310 Å². The number of allylic oxidation sites excluding steroid dienone is 1. The normalized spacial score (nSPS) is 41.3. The second kappa shape index (κ2) is 12.6. The van der Waals surface area contributed by atoms with E-state index in [0.29, 0.717) is 12.8 Å². The van der Waals surface area contributed by atoms with Crippen LogP contribution in [0.15, 0.2) is 12.2 Å². The van der Waals surface area contributed by atoms with E-state index in [0.717, 1.165) is 44.1 Å². The van der Waals surface area contributed by atoms with E-state index in [9.17, 15) is 39.3 Å². The standard InChI is InChI=1S/C42H65NO9/c1-22(2)23-15-18-42(34(49)43-30(33(47)48)36(3,4)5)20-19-39(10)24(28(23)42)13-14-26-40(39,11)17-16-25-38(8,9)31(29(32(45)46)41(25,26)12)52-27(44)21-37(6,7)35(50)51/h23-26,28-31H,1,13-21H2,2-12H3,(H,43,49)(H,45,46)(H,47,48)(H,50,51). The fourth-order valence-corrected chi connectivity index (χ4v) is 13.5. The summed E-state index contributed by atoms with van der Waals surface area (Å²) in [5.74, 6) is -4.75. The number of carboxylic acid groups (broad SMARTS) is 3. The molecule has 0 aromatic rings. The van der Waals surface area contributed by atoms with Gasteiger partial charge in [0.15, 0.2) is 0 Å². The molecule has 0 heterocycles. The topological polar surface area (TPSA) is 167 Å². The zero-order valence-electron chi connectivity index (χ0n) is 33.5. The molecule has 5 fully saturated rings. The van der Waals surface area contributed by atoms with Crippen LogP contribution in [0.3, 0.4) is 0 Å². The first-order chi connectivity index (χ1) is 23.6. The average Bonchev–Trinajstić information content (AvgIpc) is 3.47. The van der Waals surface area contributed by atoms with Crippen molar-refractivity contribution in [2.24, 2.45) is 73.4 Å². The highest BCUT2D eigenvalue weighted by atomic mass is 16.5. The van der Waals surface area contributed by atoms with Crippen molar-refractivity contribution in [1.82, 2.24) is 5.32 Å². The van der Waals surface area contributed by atoms with Gasteiger partial charge < -0.3 is 25.4 Å². The Bertz CT molecular complexity index is 1540. The number of carbonyl (C=O) groups excluding carboxylic acids is 2. The SMILES string of the molecule is C=C(C)C1CCC2(C(=O)NC(C(=O)O)C(C)(C)C)CCC3(C)C(CCC4C5(C)C(C(=O)O)C(OC(=O)CC(C)(C)C(=O)O)C(C)(C)C5CCC43C)C12. The quantitative estimate of drug-likeness (QED) is 0.138. The smallest absolute Gasteiger partial charge is 0.326 e. The molecule has 5 aliphatic rings. The van der Waals surface area contributed by atoms with Gasteiger partial charge in [-0.25, -0.2) is 4.79 Å². The second-order valence-corrected chi connectivity index (χ2v) is 20.7. The minimum absolute atomic E-state index is 0.00262. The van der Waals surface area contributed by atoms with Gasteiger partial charge in [-0.2, -0.15) is 0 Å². The van der Waals surface area contributed by atoms with Crippen LogP contribution in [0.5, 0.6) is 0 Å². The van der Waals surface area contributed by atoms with E-state index in [1.807, 2.05) is 34.6 Å². The average molecular weight is 728 g/mol. The van der Waals surface area contributed by atoms with Gasteiger partial charge in [0, 0.05) is 5.41 Å². The van der Waals surface area contributed by atoms with E-state index in [-0.39, 0.29) is 52.7 Å². The zero-order valence-corrected chi connectivity index (χ0v) is 33.5. The Balaban J connectivity index is 1.54. The lowest BCUT2D eigenvalue weighted by Gasteiger charge is -2.70. The molecule has 52 heavy (non-hydrogen) atoms. The minimum Gasteiger partial charge on any atom is -0.481 e. The number of amides is 1. The summed E-state index contributed by atoms with van der Waals surface area (Å²) in [4.78, 5) is 65.6. The molecule has 0 radical (unpaired) electrons. The number of nitrogens with one attached hydrogen (secondary N) is 1. The number of ether oxygens (including phenoxy) is 1. The molecule has 12 unspecified atom stereocenters. The van der Waals surface area contributed by atoms with Gasteiger partial charge in [0.05, 0.1) is 17.3 Å². The van der Waals surface area contributed by atoms with E-state index in [2.05, 4.69) is 39.6 Å². The first kappa shape index (κ1) is 40.3. The maximum atomic E-state index is 14.6. The lowest BCUT2D eigenvalue weighted by molar-refractivity contribution is -0.225. The summed E-state index contributed by atoms with van der Waals surface area (Å²) in [5, 5.41) is 33.9. The van der Waals surface area contributed by atoms with Crippen LogP contribution in [0.4, 0.5) is 0 Å². The van der Waals surface area contributed by atoms with Crippen LogP contribution in [0, 0.1) is 73.4 Å². The summed E-state index contributed by atoms with van der Waals surface area (Å²) < 4.78 is 6.12. The van der Waals surface area contributed by atoms with Crippen molar-refractivity contribution in [2.75, 3.05) is 0 Å². The fourth-order valence-electron chi connectivity index (χ4n) is 13.5. The molecule has 0 aliphatic heterocycles. The Morgan fingerprint density at radius 1 is 0.827 bits per heavy atom. The summed E-state index contributed by atoms with van der Waals surface area (Å²) in [7, 11) is 0. The van der Waals surface area contributed by atoms with Crippen molar-refractivity contribution >= 4 is 29.8 Å². The Hall–Kier alpha value is -2.91. The van der Waals surface area contributed by atoms with Crippen LogP contribution in [0.25, 0.3) is 0 Å². The molecule has 0 aromatic carbocycles. The van der Waals surface area contributed by atoms with Crippen molar-refractivity contribution in [2.45, 2.75) is 146 Å². The molecule has 1 amide bonds. The first-order valence-corrected chi connectivity index (χ1v) is 19.5. The van der Waals surface area contributed by atoms with Gasteiger partial charge in [-0.3, -0.25) is 19.2 Å². The van der Waals surface area contributed by atoms with Gasteiger partial charge in [0.2, 0.25) is 5.91 Å². The van der Waals surface area contributed by atoms with Gasteiger partial charge >= 0.3 is 23.9 Å². The van der Waals surface area contributed by atoms with Crippen molar-refractivity contribution in [3.8, 4) is 0 Å². The predicted octanol–water partition coefficient (Wildman–Crippen LogP) is 7.59. The lowest BCUT2D eigenvalue weighted by Crippen LogP contribution is -2.66. The van der Waals surface area contributed by atoms with Crippen LogP contribution in [0.2, 0.25) is 0 Å². The van der Waals surface area contributed by atoms with Gasteiger partial charge in [-0.15, -0.1) is 0 Å². The number of hydrogen-bond acceptors (Lipinski definition) is 6. The van der Waals surface area contributed by atoms with Crippen LogP contribution in [-0.2, 0) is 28.7 Å².